The van der Waals surface area contributed by atoms with Crippen molar-refractivity contribution >= 4 is 17.7 Å². The van der Waals surface area contributed by atoms with Crippen molar-refractivity contribution in [1.82, 2.24) is 15.1 Å². The molecule has 0 bridgehead atoms. The van der Waals surface area contributed by atoms with Crippen molar-refractivity contribution in [3.8, 4) is 11.5 Å². The number of piperidine rings is 1. The van der Waals surface area contributed by atoms with Crippen molar-refractivity contribution in [2.45, 2.75) is 45.6 Å². The Balaban J connectivity index is 1.47. The zero-order valence-electron chi connectivity index (χ0n) is 19.8. The molecule has 0 aliphatic carbocycles. The number of carbonyl (C=O) groups is 3. The molecule has 2 saturated heterocycles. The van der Waals surface area contributed by atoms with Crippen molar-refractivity contribution in [1.29, 1.82) is 0 Å². The summed E-state index contributed by atoms with van der Waals surface area (Å²) in [5, 5.41) is 3.04. The highest BCUT2D eigenvalue weighted by atomic mass is 16.5. The third-order valence-corrected chi connectivity index (χ3v) is 6.40. The number of rotatable bonds is 6. The summed E-state index contributed by atoms with van der Waals surface area (Å²) in [7, 11) is 3.11. The first kappa shape index (κ1) is 23.9. The van der Waals surface area contributed by atoms with E-state index >= 15 is 0 Å². The van der Waals surface area contributed by atoms with E-state index in [1.54, 1.807) is 37.3 Å². The van der Waals surface area contributed by atoms with Gasteiger partial charge in [-0.05, 0) is 57.7 Å². The number of hydrogen-bond acceptors (Lipinski definition) is 5. The lowest BCUT2D eigenvalue weighted by molar-refractivity contribution is -0.132. The van der Waals surface area contributed by atoms with Crippen molar-refractivity contribution < 1.29 is 23.9 Å². The van der Waals surface area contributed by atoms with E-state index in [2.05, 4.69) is 5.32 Å². The molecule has 0 saturated carbocycles. The second kappa shape index (κ2) is 9.79. The topological polar surface area (TPSA) is 88.2 Å². The molecule has 176 valence electrons. The normalized spacial score (nSPS) is 19.8. The lowest BCUT2D eigenvalue weighted by Crippen LogP contribution is -2.44. The number of benzene rings is 1. The molecule has 0 spiro atoms. The van der Waals surface area contributed by atoms with Crippen molar-refractivity contribution in [2.24, 2.45) is 11.8 Å². The lowest BCUT2D eigenvalue weighted by Gasteiger charge is -2.33. The van der Waals surface area contributed by atoms with E-state index < -0.39 is 0 Å². The Morgan fingerprint density at radius 1 is 1.09 bits per heavy atom. The standard InChI is InChI=1S/C24H35N3O5/c1-24(2,3)27-15-18(13-21(27)28)22(29)25-14-16-8-10-26(11-9-16)23(30)17-6-7-19(31-4)20(12-17)32-5/h6-7,12,16,18H,8-11,13-15H2,1-5H3,(H,25,29). The number of nitrogens with one attached hydrogen (secondary N) is 1. The quantitative estimate of drug-likeness (QED) is 0.726. The van der Waals surface area contributed by atoms with E-state index in [1.807, 2.05) is 25.7 Å². The number of hydrogen-bond donors (Lipinski definition) is 1. The van der Waals surface area contributed by atoms with E-state index in [0.717, 1.165) is 12.8 Å². The summed E-state index contributed by atoms with van der Waals surface area (Å²) in [6.45, 7) is 8.32. The maximum absolute atomic E-state index is 12.9. The minimum absolute atomic E-state index is 0.0276. The van der Waals surface area contributed by atoms with Crippen LogP contribution in [0.15, 0.2) is 18.2 Å². The van der Waals surface area contributed by atoms with Crippen LogP contribution in [-0.4, -0.2) is 73.5 Å². The summed E-state index contributed by atoms with van der Waals surface area (Å²) in [4.78, 5) is 41.3. The van der Waals surface area contributed by atoms with Crippen LogP contribution in [0.25, 0.3) is 0 Å². The summed E-state index contributed by atoms with van der Waals surface area (Å²) in [6.07, 6.45) is 1.94. The molecule has 2 aliphatic rings. The van der Waals surface area contributed by atoms with Crippen molar-refractivity contribution in [2.75, 3.05) is 40.4 Å². The van der Waals surface area contributed by atoms with E-state index in [1.165, 1.54) is 0 Å². The Kier molecular flexibility index (Phi) is 7.31. The average Bonchev–Trinajstić information content (AvgIpc) is 3.19. The first-order valence-corrected chi connectivity index (χ1v) is 11.2. The van der Waals surface area contributed by atoms with E-state index in [4.69, 9.17) is 9.47 Å². The van der Waals surface area contributed by atoms with Gasteiger partial charge in [0.2, 0.25) is 11.8 Å². The van der Waals surface area contributed by atoms with Crippen molar-refractivity contribution in [3.05, 3.63) is 23.8 Å². The van der Waals surface area contributed by atoms with Gasteiger partial charge in [-0.1, -0.05) is 0 Å². The average molecular weight is 446 g/mol. The largest absolute Gasteiger partial charge is 0.493 e. The zero-order chi connectivity index (χ0) is 23.5. The van der Waals surface area contributed by atoms with Gasteiger partial charge in [-0.15, -0.1) is 0 Å². The molecule has 2 aliphatic heterocycles. The van der Waals surface area contributed by atoms with Gasteiger partial charge in [0.1, 0.15) is 0 Å². The summed E-state index contributed by atoms with van der Waals surface area (Å²) < 4.78 is 10.5. The molecule has 32 heavy (non-hydrogen) atoms. The van der Waals surface area contributed by atoms with Crippen LogP contribution in [-0.2, 0) is 9.59 Å². The molecule has 2 heterocycles. The summed E-state index contributed by atoms with van der Waals surface area (Å²) >= 11 is 0. The minimum atomic E-state index is -0.284. The van der Waals surface area contributed by atoms with Crippen LogP contribution in [0.1, 0.15) is 50.4 Å². The number of amides is 3. The SMILES string of the molecule is COc1ccc(C(=O)N2CCC(CNC(=O)C3CC(=O)N(C(C)(C)C)C3)CC2)cc1OC. The van der Waals surface area contributed by atoms with E-state index in [-0.39, 0.29) is 35.6 Å². The molecule has 1 aromatic rings. The highest BCUT2D eigenvalue weighted by Crippen LogP contribution is 2.29. The van der Waals surface area contributed by atoms with Gasteiger partial charge in [-0.25, -0.2) is 0 Å². The number of carbonyl (C=O) groups excluding carboxylic acids is 3. The number of methoxy groups -OCH3 is 2. The summed E-state index contributed by atoms with van der Waals surface area (Å²) in [6, 6.07) is 5.19. The Bertz CT molecular complexity index is 856. The minimum Gasteiger partial charge on any atom is -0.493 e. The molecule has 8 heteroatoms. The van der Waals surface area contributed by atoms with Crippen LogP contribution in [0.5, 0.6) is 11.5 Å². The monoisotopic (exact) mass is 445 g/mol. The van der Waals surface area contributed by atoms with Gasteiger partial charge in [0.25, 0.3) is 5.91 Å². The van der Waals surface area contributed by atoms with Gasteiger partial charge in [0.15, 0.2) is 11.5 Å². The number of ether oxygens (including phenoxy) is 2. The lowest BCUT2D eigenvalue weighted by atomic mass is 9.95. The second-order valence-corrected chi connectivity index (χ2v) is 9.63. The molecule has 1 atom stereocenters. The molecule has 8 nitrogen and oxygen atoms in total. The van der Waals surface area contributed by atoms with Gasteiger partial charge >= 0.3 is 0 Å². The van der Waals surface area contributed by atoms with Gasteiger partial charge in [0.05, 0.1) is 20.1 Å². The Labute approximate surface area is 190 Å². The van der Waals surface area contributed by atoms with Crippen molar-refractivity contribution in [3.63, 3.8) is 0 Å². The van der Waals surface area contributed by atoms with Crippen LogP contribution >= 0.6 is 0 Å². The zero-order valence-corrected chi connectivity index (χ0v) is 19.8. The second-order valence-electron chi connectivity index (χ2n) is 9.63. The van der Waals surface area contributed by atoms with Crippen LogP contribution in [0.2, 0.25) is 0 Å². The molecule has 3 rings (SSSR count). The van der Waals surface area contributed by atoms with Gasteiger partial charge in [-0.2, -0.15) is 0 Å². The maximum atomic E-state index is 12.9. The highest BCUT2D eigenvalue weighted by molar-refractivity contribution is 5.95. The molecule has 1 N–H and O–H groups in total. The third-order valence-electron chi connectivity index (χ3n) is 6.40. The molecule has 1 aromatic carbocycles. The van der Waals surface area contributed by atoms with Gasteiger partial charge < -0.3 is 24.6 Å². The Morgan fingerprint density at radius 2 is 1.75 bits per heavy atom. The predicted molar refractivity (Wildman–Crippen MR) is 121 cm³/mol. The first-order valence-electron chi connectivity index (χ1n) is 11.2. The van der Waals surface area contributed by atoms with Crippen LogP contribution in [0.3, 0.4) is 0 Å². The first-order chi connectivity index (χ1) is 15.1. The fraction of sp³-hybridized carbons (Fsp3) is 0.625. The maximum Gasteiger partial charge on any atom is 0.253 e. The predicted octanol–water partition coefficient (Wildman–Crippen LogP) is 2.32. The van der Waals surface area contributed by atoms with Gasteiger partial charge in [-0.3, -0.25) is 14.4 Å². The molecule has 0 aromatic heterocycles. The summed E-state index contributed by atoms with van der Waals surface area (Å²) in [5.41, 5.74) is 0.308. The highest BCUT2D eigenvalue weighted by Gasteiger charge is 2.39. The molecule has 0 radical (unpaired) electrons. The molecular weight excluding hydrogens is 410 g/mol. The van der Waals surface area contributed by atoms with Crippen LogP contribution in [0, 0.1) is 11.8 Å². The van der Waals surface area contributed by atoms with Crippen LogP contribution in [0.4, 0.5) is 0 Å². The number of nitrogens with zero attached hydrogens (tertiary/aromatic N) is 2. The van der Waals surface area contributed by atoms with Crippen LogP contribution < -0.4 is 14.8 Å². The molecule has 1 unspecified atom stereocenters. The fourth-order valence-corrected chi connectivity index (χ4v) is 4.41. The van der Waals surface area contributed by atoms with E-state index in [0.29, 0.717) is 49.2 Å². The molecule has 2 fully saturated rings. The smallest absolute Gasteiger partial charge is 0.253 e. The van der Waals surface area contributed by atoms with E-state index in [9.17, 15) is 14.4 Å². The number of likely N-dealkylation sites (tertiary alicyclic amines) is 2. The third kappa shape index (κ3) is 5.34. The Morgan fingerprint density at radius 3 is 2.31 bits per heavy atom. The molecular formula is C24H35N3O5. The van der Waals surface area contributed by atoms with Gasteiger partial charge in [0, 0.05) is 43.7 Å². The summed E-state index contributed by atoms with van der Waals surface area (Å²) in [5.74, 6) is 1.13. The Hall–Kier alpha value is -2.77. The fourth-order valence-electron chi connectivity index (χ4n) is 4.41. The molecule has 3 amide bonds.